The van der Waals surface area contributed by atoms with Gasteiger partial charge in [0, 0.05) is 16.6 Å². The van der Waals surface area contributed by atoms with Gasteiger partial charge in [-0.1, -0.05) is 60.2 Å². The van der Waals surface area contributed by atoms with Crippen LogP contribution in [0.4, 0.5) is 5.69 Å². The van der Waals surface area contributed by atoms with Gasteiger partial charge in [0.1, 0.15) is 0 Å². The zero-order valence-corrected chi connectivity index (χ0v) is 15.5. The number of hydrogen-bond acceptors (Lipinski definition) is 2. The molecule has 0 aliphatic carbocycles. The van der Waals surface area contributed by atoms with Crippen molar-refractivity contribution >= 4 is 22.4 Å². The Labute approximate surface area is 164 Å². The molecule has 0 amide bonds. The van der Waals surface area contributed by atoms with E-state index in [1.807, 2.05) is 79.7 Å². The summed E-state index contributed by atoms with van der Waals surface area (Å²) >= 11 is 0. The van der Waals surface area contributed by atoms with Gasteiger partial charge in [0.05, 0.1) is 18.5 Å². The Morgan fingerprint density at radius 2 is 1.71 bits per heavy atom. The fourth-order valence-corrected chi connectivity index (χ4v) is 3.26. The fourth-order valence-electron chi connectivity index (χ4n) is 3.26. The molecule has 4 aromatic rings. The normalized spacial score (nSPS) is 10.6. The molecule has 0 atom stereocenters. The van der Waals surface area contributed by atoms with Crippen molar-refractivity contribution in [2.24, 2.45) is 0 Å². The van der Waals surface area contributed by atoms with Gasteiger partial charge in [0.15, 0.2) is 11.5 Å². The Morgan fingerprint density at radius 1 is 0.929 bits per heavy atom. The van der Waals surface area contributed by atoms with E-state index in [0.717, 1.165) is 38.9 Å². The Bertz CT molecular complexity index is 1220. The third-order valence-corrected chi connectivity index (χ3v) is 4.76. The molecule has 134 valence electrons. The van der Waals surface area contributed by atoms with Crippen LogP contribution in [-0.4, -0.2) is 10.8 Å². The van der Waals surface area contributed by atoms with Crippen LogP contribution in [0, 0.1) is 13.5 Å². The summed E-state index contributed by atoms with van der Waals surface area (Å²) in [4.78, 5) is 20.6. The number of carbonyl (C=O) groups is 1. The second kappa shape index (κ2) is 7.46. The second-order valence-corrected chi connectivity index (χ2v) is 6.84. The van der Waals surface area contributed by atoms with E-state index in [0.29, 0.717) is 12.1 Å². The fraction of sp³-hybridized carbons (Fsp3) is 0.0800. The van der Waals surface area contributed by atoms with Crippen molar-refractivity contribution in [1.29, 1.82) is 0 Å². The number of carbonyl (C=O) groups excluding carboxylic acids is 1. The lowest BCUT2D eigenvalue weighted by Crippen LogP contribution is -2.05. The number of aryl methyl sites for hydroxylation is 1. The highest BCUT2D eigenvalue weighted by atomic mass is 16.1. The van der Waals surface area contributed by atoms with Crippen LogP contribution >= 0.6 is 0 Å². The van der Waals surface area contributed by atoms with Crippen LogP contribution in [0.2, 0.25) is 0 Å². The van der Waals surface area contributed by atoms with E-state index >= 15 is 0 Å². The maximum atomic E-state index is 12.5. The van der Waals surface area contributed by atoms with Gasteiger partial charge in [-0.05, 0) is 42.3 Å². The molecule has 0 fully saturated rings. The second-order valence-electron chi connectivity index (χ2n) is 6.84. The molecule has 3 aromatic carbocycles. The number of Topliss-reactive ketones (excluding diaryl/α,β-unsaturated/α-hetero) is 1. The predicted molar refractivity (Wildman–Crippen MR) is 113 cm³/mol. The van der Waals surface area contributed by atoms with Crippen LogP contribution in [0.5, 0.6) is 0 Å². The number of nitrogens with zero attached hydrogens (tertiary/aromatic N) is 2. The molecule has 0 saturated heterocycles. The molecule has 28 heavy (non-hydrogen) atoms. The smallest absolute Gasteiger partial charge is 0.187 e. The van der Waals surface area contributed by atoms with Gasteiger partial charge in [-0.25, -0.2) is 4.85 Å². The summed E-state index contributed by atoms with van der Waals surface area (Å²) in [5.41, 5.74) is 6.22. The summed E-state index contributed by atoms with van der Waals surface area (Å²) < 4.78 is 0. The summed E-state index contributed by atoms with van der Waals surface area (Å²) in [6.45, 7) is 9.04. The van der Waals surface area contributed by atoms with Crippen molar-refractivity contribution < 1.29 is 4.79 Å². The molecule has 3 heteroatoms. The summed E-state index contributed by atoms with van der Waals surface area (Å²) in [5.74, 6) is 0.0760. The molecular formula is C25H18N2O. The largest absolute Gasteiger partial charge is 0.294 e. The molecule has 0 unspecified atom stereocenters. The number of hydrogen-bond donors (Lipinski definition) is 0. The Hall–Kier alpha value is -3.77. The SMILES string of the molecule is [C-]#[N+]c1ccc(-c2ccc3nc(CC(=O)c4cccc(C)c4)ccc3c2)cc1. The summed E-state index contributed by atoms with van der Waals surface area (Å²) in [5, 5.41) is 1.03. The average Bonchev–Trinajstić information content (AvgIpc) is 2.73. The zero-order valence-electron chi connectivity index (χ0n) is 15.5. The summed E-state index contributed by atoms with van der Waals surface area (Å²) in [6.07, 6.45) is 0.291. The van der Waals surface area contributed by atoms with Crippen LogP contribution in [0.1, 0.15) is 21.6 Å². The van der Waals surface area contributed by atoms with Crippen molar-refractivity contribution in [1.82, 2.24) is 4.98 Å². The van der Waals surface area contributed by atoms with Crippen LogP contribution in [-0.2, 0) is 6.42 Å². The first-order valence-electron chi connectivity index (χ1n) is 9.10. The zero-order chi connectivity index (χ0) is 19.5. The lowest BCUT2D eigenvalue weighted by atomic mass is 10.0. The summed E-state index contributed by atoms with van der Waals surface area (Å²) in [6, 6.07) is 25.2. The van der Waals surface area contributed by atoms with Crippen molar-refractivity contribution in [3.8, 4) is 11.1 Å². The quantitative estimate of drug-likeness (QED) is 0.321. The highest BCUT2D eigenvalue weighted by Crippen LogP contribution is 2.26. The number of ketones is 1. The predicted octanol–water partition coefficient (Wildman–Crippen LogP) is 6.19. The highest BCUT2D eigenvalue weighted by Gasteiger charge is 2.09. The topological polar surface area (TPSA) is 34.3 Å². The minimum atomic E-state index is 0.0760. The van der Waals surface area contributed by atoms with Gasteiger partial charge in [0.2, 0.25) is 0 Å². The molecule has 1 heterocycles. The van der Waals surface area contributed by atoms with Gasteiger partial charge in [-0.2, -0.15) is 0 Å². The average molecular weight is 362 g/mol. The molecule has 0 aliphatic heterocycles. The molecule has 0 saturated carbocycles. The van der Waals surface area contributed by atoms with Crippen molar-refractivity contribution in [2.75, 3.05) is 0 Å². The number of pyridine rings is 1. The van der Waals surface area contributed by atoms with Crippen LogP contribution < -0.4 is 0 Å². The molecule has 3 nitrogen and oxygen atoms in total. The van der Waals surface area contributed by atoms with Crippen LogP contribution in [0.25, 0.3) is 26.9 Å². The number of rotatable bonds is 4. The van der Waals surface area contributed by atoms with Crippen molar-refractivity contribution in [2.45, 2.75) is 13.3 Å². The van der Waals surface area contributed by atoms with E-state index in [4.69, 9.17) is 6.57 Å². The third-order valence-electron chi connectivity index (χ3n) is 4.76. The molecule has 0 N–H and O–H groups in total. The van der Waals surface area contributed by atoms with E-state index in [1.165, 1.54) is 0 Å². The van der Waals surface area contributed by atoms with Gasteiger partial charge in [-0.3, -0.25) is 9.78 Å². The lowest BCUT2D eigenvalue weighted by Gasteiger charge is -2.07. The maximum absolute atomic E-state index is 12.5. The first-order valence-corrected chi connectivity index (χ1v) is 9.10. The minimum Gasteiger partial charge on any atom is -0.294 e. The maximum Gasteiger partial charge on any atom is 0.187 e. The Kier molecular flexibility index (Phi) is 4.70. The van der Waals surface area contributed by atoms with Crippen LogP contribution in [0.3, 0.4) is 0 Å². The molecular weight excluding hydrogens is 344 g/mol. The van der Waals surface area contributed by atoms with Gasteiger partial charge in [-0.15, -0.1) is 0 Å². The molecule has 0 radical (unpaired) electrons. The molecule has 4 rings (SSSR count). The van der Waals surface area contributed by atoms with E-state index in [9.17, 15) is 4.79 Å². The highest BCUT2D eigenvalue weighted by molar-refractivity contribution is 5.97. The van der Waals surface area contributed by atoms with Gasteiger partial charge >= 0.3 is 0 Å². The minimum absolute atomic E-state index is 0.0760. The molecule has 0 spiro atoms. The first-order chi connectivity index (χ1) is 13.6. The van der Waals surface area contributed by atoms with Crippen molar-refractivity contribution in [3.05, 3.63) is 107 Å². The molecule has 0 aliphatic rings. The lowest BCUT2D eigenvalue weighted by molar-refractivity contribution is 0.0992. The number of aromatic nitrogens is 1. The number of benzene rings is 3. The number of fused-ring (bicyclic) bond motifs is 1. The van der Waals surface area contributed by atoms with E-state index < -0.39 is 0 Å². The van der Waals surface area contributed by atoms with E-state index in [-0.39, 0.29) is 5.78 Å². The monoisotopic (exact) mass is 362 g/mol. The first kappa shape index (κ1) is 17.6. The summed E-state index contributed by atoms with van der Waals surface area (Å²) in [7, 11) is 0. The van der Waals surface area contributed by atoms with Crippen molar-refractivity contribution in [3.63, 3.8) is 0 Å². The van der Waals surface area contributed by atoms with E-state index in [1.54, 1.807) is 0 Å². The van der Waals surface area contributed by atoms with Gasteiger partial charge in [0.25, 0.3) is 0 Å². The molecule has 1 aromatic heterocycles. The Balaban J connectivity index is 1.59. The Morgan fingerprint density at radius 3 is 2.46 bits per heavy atom. The molecule has 0 bridgehead atoms. The van der Waals surface area contributed by atoms with E-state index in [2.05, 4.69) is 15.9 Å². The van der Waals surface area contributed by atoms with Crippen LogP contribution in [0.15, 0.2) is 78.9 Å². The third kappa shape index (κ3) is 3.67. The standard InChI is InChI=1S/C25H18N2O/c1-17-4-3-5-21(14-17)25(28)16-23-12-8-20-15-19(9-13-24(20)27-23)18-6-10-22(26-2)11-7-18/h3-15H,16H2,1H3. The van der Waals surface area contributed by atoms with Gasteiger partial charge < -0.3 is 0 Å².